The largest absolute Gasteiger partial charge is 0.494 e. The molecule has 1 heterocycles. The van der Waals surface area contributed by atoms with Crippen molar-refractivity contribution in [2.75, 3.05) is 32.8 Å². The summed E-state index contributed by atoms with van der Waals surface area (Å²) >= 11 is 0. The number of ether oxygens (including phenoxy) is 1. The molecule has 150 valence electrons. The van der Waals surface area contributed by atoms with Gasteiger partial charge in [0.1, 0.15) is 5.75 Å². The Balaban J connectivity index is 1.70. The third-order valence-corrected chi connectivity index (χ3v) is 5.17. The Morgan fingerprint density at radius 1 is 1.25 bits per heavy atom. The van der Waals surface area contributed by atoms with Crippen molar-refractivity contribution >= 4 is 5.91 Å². The monoisotopic (exact) mass is 382 g/mol. The summed E-state index contributed by atoms with van der Waals surface area (Å²) in [6.45, 7) is 5.31. The smallest absolute Gasteiger partial charge is 0.254 e. The van der Waals surface area contributed by atoms with E-state index in [4.69, 9.17) is 4.74 Å². The number of carbonyl (C=O) groups is 1. The van der Waals surface area contributed by atoms with Crippen LogP contribution >= 0.6 is 0 Å². The molecule has 2 aromatic rings. The Morgan fingerprint density at radius 3 is 2.75 bits per heavy atom. The molecule has 2 N–H and O–H groups in total. The molecule has 5 nitrogen and oxygen atoms in total. The molecule has 0 bridgehead atoms. The number of hydrogen-bond donors (Lipinski definition) is 2. The van der Waals surface area contributed by atoms with Gasteiger partial charge in [-0.2, -0.15) is 0 Å². The maximum absolute atomic E-state index is 13.0. The number of amides is 1. The third-order valence-electron chi connectivity index (χ3n) is 5.17. The number of aliphatic hydroxyl groups is 1. The molecule has 1 saturated heterocycles. The second-order valence-corrected chi connectivity index (χ2v) is 7.20. The standard InChI is InChI=1S/C23H30N2O3/c1-2-28-22-7-3-5-18(15-22)17-25(13-14-26)23(27)20-10-8-19(9-11-20)21-6-4-12-24-16-21/h3,5,7-11,15,21,24,26H,2,4,6,12-14,16-17H2,1H3. The molecular formula is C23H30N2O3. The summed E-state index contributed by atoms with van der Waals surface area (Å²) in [5.74, 6) is 1.25. The van der Waals surface area contributed by atoms with Gasteiger partial charge in [0.2, 0.25) is 0 Å². The molecule has 3 rings (SSSR count). The SMILES string of the molecule is CCOc1cccc(CN(CCO)C(=O)c2ccc(C3CCCNC3)cc2)c1. The van der Waals surface area contributed by atoms with Crippen molar-refractivity contribution in [2.24, 2.45) is 0 Å². The molecule has 1 aliphatic rings. The van der Waals surface area contributed by atoms with Crippen LogP contribution in [0.15, 0.2) is 48.5 Å². The fourth-order valence-corrected chi connectivity index (χ4v) is 3.71. The van der Waals surface area contributed by atoms with Gasteiger partial charge in [-0.1, -0.05) is 24.3 Å². The van der Waals surface area contributed by atoms with Crippen molar-refractivity contribution in [1.82, 2.24) is 10.2 Å². The van der Waals surface area contributed by atoms with Crippen molar-refractivity contribution in [1.29, 1.82) is 0 Å². The van der Waals surface area contributed by atoms with Crippen LogP contribution in [0.1, 0.15) is 47.2 Å². The number of piperidine rings is 1. The summed E-state index contributed by atoms with van der Waals surface area (Å²) < 4.78 is 5.55. The van der Waals surface area contributed by atoms with Gasteiger partial charge in [0.25, 0.3) is 5.91 Å². The Bertz CT molecular complexity index is 755. The molecule has 2 aromatic carbocycles. The van der Waals surface area contributed by atoms with Crippen LogP contribution in [-0.2, 0) is 6.54 Å². The van der Waals surface area contributed by atoms with Crippen LogP contribution in [0.3, 0.4) is 0 Å². The second kappa shape index (κ2) is 10.2. The van der Waals surface area contributed by atoms with E-state index in [-0.39, 0.29) is 12.5 Å². The number of hydrogen-bond acceptors (Lipinski definition) is 4. The lowest BCUT2D eigenvalue weighted by molar-refractivity contribution is 0.0707. The number of aliphatic hydroxyl groups excluding tert-OH is 1. The molecule has 28 heavy (non-hydrogen) atoms. The van der Waals surface area contributed by atoms with Gasteiger partial charge >= 0.3 is 0 Å². The maximum Gasteiger partial charge on any atom is 0.254 e. The molecule has 0 spiro atoms. The average molecular weight is 383 g/mol. The summed E-state index contributed by atoms with van der Waals surface area (Å²) in [5.41, 5.74) is 2.92. The van der Waals surface area contributed by atoms with Crippen LogP contribution in [0.25, 0.3) is 0 Å². The first-order valence-electron chi connectivity index (χ1n) is 10.1. The van der Waals surface area contributed by atoms with Gasteiger partial charge in [-0.05, 0) is 67.6 Å². The average Bonchev–Trinajstić information content (AvgIpc) is 2.74. The van der Waals surface area contributed by atoms with E-state index in [1.165, 1.54) is 18.4 Å². The number of rotatable bonds is 8. The minimum atomic E-state index is -0.0667. The minimum Gasteiger partial charge on any atom is -0.494 e. The molecule has 1 amide bonds. The molecule has 0 saturated carbocycles. The van der Waals surface area contributed by atoms with Gasteiger partial charge in [0.05, 0.1) is 13.2 Å². The predicted molar refractivity (Wildman–Crippen MR) is 111 cm³/mol. The molecule has 1 fully saturated rings. The van der Waals surface area contributed by atoms with Crippen LogP contribution < -0.4 is 10.1 Å². The van der Waals surface area contributed by atoms with E-state index in [9.17, 15) is 9.90 Å². The predicted octanol–water partition coefficient (Wildman–Crippen LogP) is 3.19. The summed E-state index contributed by atoms with van der Waals surface area (Å²) in [6.07, 6.45) is 2.38. The van der Waals surface area contributed by atoms with Crippen molar-refractivity contribution in [3.05, 3.63) is 65.2 Å². The highest BCUT2D eigenvalue weighted by Gasteiger charge is 2.18. The van der Waals surface area contributed by atoms with E-state index >= 15 is 0 Å². The molecule has 1 atom stereocenters. The normalized spacial score (nSPS) is 16.6. The highest BCUT2D eigenvalue weighted by atomic mass is 16.5. The number of benzene rings is 2. The van der Waals surface area contributed by atoms with Crippen LogP contribution in [0.2, 0.25) is 0 Å². The lowest BCUT2D eigenvalue weighted by Gasteiger charge is -2.24. The zero-order valence-electron chi connectivity index (χ0n) is 16.6. The van der Waals surface area contributed by atoms with Crippen molar-refractivity contribution < 1.29 is 14.6 Å². The number of carbonyl (C=O) groups excluding carboxylic acids is 1. The lowest BCUT2D eigenvalue weighted by Crippen LogP contribution is -2.33. The summed E-state index contributed by atoms with van der Waals surface area (Å²) in [5, 5.41) is 12.9. The quantitative estimate of drug-likeness (QED) is 0.736. The first-order chi connectivity index (χ1) is 13.7. The van der Waals surface area contributed by atoms with Crippen LogP contribution in [-0.4, -0.2) is 48.8 Å². The fourth-order valence-electron chi connectivity index (χ4n) is 3.71. The summed E-state index contributed by atoms with van der Waals surface area (Å²) in [4.78, 5) is 14.7. The third kappa shape index (κ3) is 5.33. The molecule has 0 aromatic heterocycles. The van der Waals surface area contributed by atoms with Crippen molar-refractivity contribution in [3.8, 4) is 5.75 Å². The molecule has 1 aliphatic heterocycles. The van der Waals surface area contributed by atoms with Crippen molar-refractivity contribution in [2.45, 2.75) is 32.2 Å². The molecule has 0 aliphatic carbocycles. The number of nitrogens with one attached hydrogen (secondary N) is 1. The van der Waals surface area contributed by atoms with Crippen LogP contribution in [0.5, 0.6) is 5.75 Å². The molecule has 1 unspecified atom stereocenters. The van der Waals surface area contributed by atoms with Crippen molar-refractivity contribution in [3.63, 3.8) is 0 Å². The van der Waals surface area contributed by atoms with Crippen LogP contribution in [0, 0.1) is 0 Å². The van der Waals surface area contributed by atoms with Gasteiger partial charge in [0.15, 0.2) is 0 Å². The number of nitrogens with zero attached hydrogens (tertiary/aromatic N) is 1. The Labute approximate surface area is 167 Å². The molecular weight excluding hydrogens is 352 g/mol. The Kier molecular flexibility index (Phi) is 7.46. The van der Waals surface area contributed by atoms with Gasteiger partial charge in [-0.15, -0.1) is 0 Å². The van der Waals surface area contributed by atoms with Gasteiger partial charge < -0.3 is 20.1 Å². The van der Waals surface area contributed by atoms with Gasteiger partial charge in [-0.25, -0.2) is 0 Å². The van der Waals surface area contributed by atoms with Gasteiger partial charge in [-0.3, -0.25) is 4.79 Å². The Hall–Kier alpha value is -2.37. The van der Waals surface area contributed by atoms with E-state index in [0.717, 1.165) is 24.4 Å². The zero-order valence-corrected chi connectivity index (χ0v) is 16.6. The lowest BCUT2D eigenvalue weighted by atomic mass is 9.91. The van der Waals surface area contributed by atoms with E-state index in [1.54, 1.807) is 4.90 Å². The van der Waals surface area contributed by atoms with E-state index in [2.05, 4.69) is 17.4 Å². The topological polar surface area (TPSA) is 61.8 Å². The van der Waals surface area contributed by atoms with E-state index in [0.29, 0.717) is 31.2 Å². The maximum atomic E-state index is 13.0. The van der Waals surface area contributed by atoms with E-state index < -0.39 is 0 Å². The second-order valence-electron chi connectivity index (χ2n) is 7.20. The molecule has 5 heteroatoms. The fraction of sp³-hybridized carbons (Fsp3) is 0.435. The van der Waals surface area contributed by atoms with Crippen LogP contribution in [0.4, 0.5) is 0 Å². The highest BCUT2D eigenvalue weighted by molar-refractivity contribution is 5.94. The first-order valence-corrected chi connectivity index (χ1v) is 10.1. The summed E-state index contributed by atoms with van der Waals surface area (Å²) in [7, 11) is 0. The zero-order chi connectivity index (χ0) is 19.8. The Morgan fingerprint density at radius 2 is 2.07 bits per heavy atom. The molecule has 0 radical (unpaired) electrons. The van der Waals surface area contributed by atoms with E-state index in [1.807, 2.05) is 43.3 Å². The highest BCUT2D eigenvalue weighted by Crippen LogP contribution is 2.24. The minimum absolute atomic E-state index is 0.0656. The first kappa shape index (κ1) is 20.4. The summed E-state index contributed by atoms with van der Waals surface area (Å²) in [6, 6.07) is 15.7. The van der Waals surface area contributed by atoms with Gasteiger partial charge in [0, 0.05) is 25.2 Å².